The number of benzene rings is 2. The van der Waals surface area contributed by atoms with Crippen LogP contribution in [0.25, 0.3) is 0 Å². The van der Waals surface area contributed by atoms with Gasteiger partial charge in [-0.25, -0.2) is 0 Å². The minimum absolute atomic E-state index is 0.0760. The third-order valence-electron chi connectivity index (χ3n) is 6.84. The summed E-state index contributed by atoms with van der Waals surface area (Å²) in [5.74, 6) is -0.807. The molecule has 0 amide bonds. The molecule has 1 aliphatic rings. The monoisotopic (exact) mass is 460 g/mol. The molecule has 5 nitrogen and oxygen atoms in total. The van der Waals surface area contributed by atoms with Crippen molar-refractivity contribution in [3.05, 3.63) is 71.3 Å². The molecule has 1 aliphatic carbocycles. The number of fused-ring (bicyclic) bond motifs is 1. The van der Waals surface area contributed by atoms with Gasteiger partial charge in [-0.15, -0.1) is 0 Å². The summed E-state index contributed by atoms with van der Waals surface area (Å²) in [5, 5.41) is -1.66. The molecule has 3 rings (SSSR count). The summed E-state index contributed by atoms with van der Waals surface area (Å²) < 4.78 is 15.9. The number of carbonyl (C=O) groups is 1. The lowest BCUT2D eigenvalue weighted by molar-refractivity contribution is -0.147. The fourth-order valence-corrected chi connectivity index (χ4v) is 6.15. The van der Waals surface area contributed by atoms with Crippen molar-refractivity contribution in [3.8, 4) is 0 Å². The van der Waals surface area contributed by atoms with E-state index in [1.807, 2.05) is 0 Å². The number of ether oxygens (including phenoxy) is 1. The molecule has 32 heavy (non-hydrogen) atoms. The Morgan fingerprint density at radius 1 is 0.938 bits per heavy atom. The molecular weight excluding hydrogens is 423 g/mol. The fraction of sp³-hybridized carbons (Fsp3) is 0.500. The van der Waals surface area contributed by atoms with Crippen molar-refractivity contribution in [2.24, 2.45) is 0 Å². The molecule has 2 aromatic rings. The molecule has 0 saturated carbocycles. The summed E-state index contributed by atoms with van der Waals surface area (Å²) >= 11 is 0. The van der Waals surface area contributed by atoms with E-state index in [1.165, 1.54) is 23.1 Å². The largest absolute Gasteiger partial charge is 0.465 e. The predicted octanol–water partition coefficient (Wildman–Crippen LogP) is 5.96. The summed E-state index contributed by atoms with van der Waals surface area (Å²) in [7, 11) is -4.47. The summed E-state index contributed by atoms with van der Waals surface area (Å²) in [6, 6.07) is 19.8. The first kappa shape index (κ1) is 26.3. The SMILES string of the molecule is CC1(C)CC(C)(c2ccccc2)c2ccccc21.CCOC(=O)C(CC)(CC)P(=O)(O)O. The molecule has 0 bridgehead atoms. The third-order valence-corrected chi connectivity index (χ3v) is 8.77. The zero-order valence-electron chi connectivity index (χ0n) is 20.1. The average molecular weight is 461 g/mol. The van der Waals surface area contributed by atoms with Crippen LogP contribution in [0.5, 0.6) is 0 Å². The first-order valence-electron chi connectivity index (χ1n) is 11.3. The van der Waals surface area contributed by atoms with Gasteiger partial charge in [-0.05, 0) is 48.3 Å². The van der Waals surface area contributed by atoms with E-state index in [2.05, 4.69) is 80.1 Å². The summed E-state index contributed by atoms with van der Waals surface area (Å²) in [6.07, 6.45) is 1.34. The Kier molecular flexibility index (Phi) is 8.15. The Balaban J connectivity index is 0.000000237. The van der Waals surface area contributed by atoms with Gasteiger partial charge in [-0.2, -0.15) is 0 Å². The van der Waals surface area contributed by atoms with Gasteiger partial charge in [-0.3, -0.25) is 9.36 Å². The Morgan fingerprint density at radius 3 is 1.91 bits per heavy atom. The van der Waals surface area contributed by atoms with Crippen LogP contribution in [0.3, 0.4) is 0 Å². The molecule has 0 heterocycles. The van der Waals surface area contributed by atoms with Crippen molar-refractivity contribution in [2.45, 2.75) is 76.8 Å². The lowest BCUT2D eigenvalue weighted by Crippen LogP contribution is -2.38. The van der Waals surface area contributed by atoms with Crippen molar-refractivity contribution in [2.75, 3.05) is 6.61 Å². The Hall–Kier alpha value is -1.94. The predicted molar refractivity (Wildman–Crippen MR) is 129 cm³/mol. The Bertz CT molecular complexity index is 959. The lowest BCUT2D eigenvalue weighted by Gasteiger charge is -2.29. The summed E-state index contributed by atoms with van der Waals surface area (Å²) in [5.41, 5.74) is 4.86. The molecular formula is C26H37O5P. The highest BCUT2D eigenvalue weighted by molar-refractivity contribution is 7.54. The van der Waals surface area contributed by atoms with E-state index < -0.39 is 18.7 Å². The van der Waals surface area contributed by atoms with Crippen LogP contribution < -0.4 is 0 Å². The quantitative estimate of drug-likeness (QED) is 0.410. The molecule has 1 unspecified atom stereocenters. The highest BCUT2D eigenvalue weighted by atomic mass is 31.2. The maximum atomic E-state index is 11.5. The minimum Gasteiger partial charge on any atom is -0.465 e. The van der Waals surface area contributed by atoms with Crippen molar-refractivity contribution >= 4 is 13.6 Å². The summed E-state index contributed by atoms with van der Waals surface area (Å²) in [6.45, 7) is 12.0. The molecule has 0 spiro atoms. The van der Waals surface area contributed by atoms with Crippen molar-refractivity contribution in [1.82, 2.24) is 0 Å². The average Bonchev–Trinajstić information content (AvgIpc) is 2.96. The van der Waals surface area contributed by atoms with Gasteiger partial charge in [0, 0.05) is 5.41 Å². The van der Waals surface area contributed by atoms with E-state index in [0.29, 0.717) is 0 Å². The van der Waals surface area contributed by atoms with Gasteiger partial charge in [0.15, 0.2) is 5.16 Å². The first-order valence-corrected chi connectivity index (χ1v) is 12.9. The van der Waals surface area contributed by atoms with Gasteiger partial charge in [0.05, 0.1) is 6.61 Å². The van der Waals surface area contributed by atoms with Crippen LogP contribution in [-0.2, 0) is 24.9 Å². The molecule has 0 fully saturated rings. The maximum absolute atomic E-state index is 11.5. The molecule has 176 valence electrons. The van der Waals surface area contributed by atoms with Gasteiger partial charge < -0.3 is 14.5 Å². The van der Waals surface area contributed by atoms with Crippen LogP contribution in [0.1, 0.15) is 77.5 Å². The highest BCUT2D eigenvalue weighted by Gasteiger charge is 2.51. The van der Waals surface area contributed by atoms with Crippen molar-refractivity contribution in [3.63, 3.8) is 0 Å². The van der Waals surface area contributed by atoms with Crippen LogP contribution in [-0.4, -0.2) is 27.5 Å². The fourth-order valence-electron chi connectivity index (χ4n) is 5.03. The molecule has 0 aromatic heterocycles. The topological polar surface area (TPSA) is 83.8 Å². The number of hydrogen-bond donors (Lipinski definition) is 2. The second-order valence-electron chi connectivity index (χ2n) is 9.31. The number of carbonyl (C=O) groups excluding carboxylic acids is 1. The van der Waals surface area contributed by atoms with E-state index in [-0.39, 0.29) is 30.3 Å². The number of rotatable bonds is 6. The summed E-state index contributed by atoms with van der Waals surface area (Å²) in [4.78, 5) is 29.7. The van der Waals surface area contributed by atoms with Gasteiger partial charge in [0.25, 0.3) is 0 Å². The smallest absolute Gasteiger partial charge is 0.342 e. The van der Waals surface area contributed by atoms with Gasteiger partial charge >= 0.3 is 13.6 Å². The molecule has 0 saturated heterocycles. The zero-order chi connectivity index (χ0) is 24.2. The molecule has 0 radical (unpaired) electrons. The lowest BCUT2D eigenvalue weighted by atomic mass is 9.75. The van der Waals surface area contributed by atoms with Crippen molar-refractivity contribution < 1.29 is 23.9 Å². The van der Waals surface area contributed by atoms with Crippen LogP contribution in [0.4, 0.5) is 0 Å². The Labute approximate surface area is 192 Å². The van der Waals surface area contributed by atoms with Gasteiger partial charge in [0.1, 0.15) is 0 Å². The maximum Gasteiger partial charge on any atom is 0.342 e. The highest BCUT2D eigenvalue weighted by Crippen LogP contribution is 2.55. The van der Waals surface area contributed by atoms with E-state index in [0.717, 1.165) is 0 Å². The molecule has 6 heteroatoms. The molecule has 1 atom stereocenters. The normalized spacial score (nSPS) is 19.5. The zero-order valence-corrected chi connectivity index (χ0v) is 21.0. The third kappa shape index (κ3) is 4.85. The van der Waals surface area contributed by atoms with Gasteiger partial charge in [0.2, 0.25) is 0 Å². The number of esters is 1. The van der Waals surface area contributed by atoms with Crippen LogP contribution >= 0.6 is 7.60 Å². The van der Waals surface area contributed by atoms with E-state index in [4.69, 9.17) is 9.79 Å². The van der Waals surface area contributed by atoms with E-state index in [9.17, 15) is 9.36 Å². The first-order chi connectivity index (χ1) is 14.9. The van der Waals surface area contributed by atoms with Crippen molar-refractivity contribution in [1.29, 1.82) is 0 Å². The van der Waals surface area contributed by atoms with Crippen LogP contribution in [0, 0.1) is 0 Å². The van der Waals surface area contributed by atoms with E-state index >= 15 is 0 Å². The molecule has 2 N–H and O–H groups in total. The molecule has 2 aromatic carbocycles. The molecule has 0 aliphatic heterocycles. The number of hydrogen-bond acceptors (Lipinski definition) is 3. The van der Waals surface area contributed by atoms with Crippen LogP contribution in [0.15, 0.2) is 54.6 Å². The van der Waals surface area contributed by atoms with E-state index in [1.54, 1.807) is 20.8 Å². The minimum atomic E-state index is -4.47. The van der Waals surface area contributed by atoms with Gasteiger partial charge in [-0.1, -0.05) is 89.2 Å². The standard InChI is InChI=1S/C18H20.C8H17O5P/c1-17(2)13-18(3,14-9-5-4-6-10-14)16-12-8-7-11-15(16)17;1-4-8(5-2,14(10,11)12)7(9)13-6-3/h4-12H,13H2,1-3H3;4-6H2,1-3H3,(H2,10,11,12). The second kappa shape index (κ2) is 9.91. The second-order valence-corrected chi connectivity index (χ2v) is 11.3. The van der Waals surface area contributed by atoms with Crippen LogP contribution in [0.2, 0.25) is 0 Å². The Morgan fingerprint density at radius 2 is 1.44 bits per heavy atom.